The molecule has 0 unspecified atom stereocenters. The molecule has 3 aromatic rings. The third-order valence-electron chi connectivity index (χ3n) is 4.64. The Morgan fingerprint density at radius 2 is 2.05 bits per heavy atom. The van der Waals surface area contributed by atoms with Crippen molar-refractivity contribution in [1.82, 2.24) is 14.5 Å². The summed E-state index contributed by atoms with van der Waals surface area (Å²) in [5.41, 5.74) is 2.38. The van der Waals surface area contributed by atoms with Crippen LogP contribution in [0, 0.1) is 6.92 Å². The Bertz CT molecular complexity index is 787. The molecule has 1 saturated heterocycles. The van der Waals surface area contributed by atoms with Crippen molar-refractivity contribution in [2.24, 2.45) is 0 Å². The maximum Gasteiger partial charge on any atom is 0.105 e. The molecule has 2 aromatic heterocycles. The van der Waals surface area contributed by atoms with Crippen LogP contribution in [-0.2, 0) is 6.54 Å². The van der Waals surface area contributed by atoms with Crippen molar-refractivity contribution in [1.29, 1.82) is 0 Å². The standard InChI is InChI=1S/C18H20N4/c1-14-19-10-12-21(14)13-15-5-4-11-22(15)18-8-9-20-17-7-3-2-6-16(17)18/h2-3,6-10,12,15H,4-5,11,13H2,1H3/t15-/m0/s1. The Labute approximate surface area is 130 Å². The van der Waals surface area contributed by atoms with E-state index in [1.165, 1.54) is 23.9 Å². The van der Waals surface area contributed by atoms with Crippen LogP contribution in [0.1, 0.15) is 18.7 Å². The zero-order valence-electron chi connectivity index (χ0n) is 12.8. The van der Waals surface area contributed by atoms with E-state index < -0.39 is 0 Å². The minimum Gasteiger partial charge on any atom is -0.366 e. The summed E-state index contributed by atoms with van der Waals surface area (Å²) in [6, 6.07) is 11.1. The maximum absolute atomic E-state index is 4.49. The van der Waals surface area contributed by atoms with Crippen molar-refractivity contribution in [2.45, 2.75) is 32.4 Å². The molecule has 0 aliphatic carbocycles. The highest BCUT2D eigenvalue weighted by molar-refractivity contribution is 5.91. The number of aryl methyl sites for hydroxylation is 1. The molecule has 22 heavy (non-hydrogen) atoms. The normalized spacial score (nSPS) is 18.2. The van der Waals surface area contributed by atoms with Gasteiger partial charge < -0.3 is 9.47 Å². The second kappa shape index (κ2) is 5.44. The van der Waals surface area contributed by atoms with Crippen molar-refractivity contribution < 1.29 is 0 Å². The van der Waals surface area contributed by atoms with Crippen molar-refractivity contribution in [3.8, 4) is 0 Å². The van der Waals surface area contributed by atoms with Gasteiger partial charge in [0, 0.05) is 48.8 Å². The van der Waals surface area contributed by atoms with Gasteiger partial charge in [0.25, 0.3) is 0 Å². The number of para-hydroxylation sites is 1. The van der Waals surface area contributed by atoms with Crippen molar-refractivity contribution >= 4 is 16.6 Å². The van der Waals surface area contributed by atoms with Crippen LogP contribution in [0.5, 0.6) is 0 Å². The molecule has 0 saturated carbocycles. The number of nitrogens with zero attached hydrogens (tertiary/aromatic N) is 4. The van der Waals surface area contributed by atoms with E-state index in [1.807, 2.05) is 12.4 Å². The van der Waals surface area contributed by atoms with Gasteiger partial charge in [0.15, 0.2) is 0 Å². The monoisotopic (exact) mass is 292 g/mol. The quantitative estimate of drug-likeness (QED) is 0.742. The van der Waals surface area contributed by atoms with Crippen LogP contribution in [-0.4, -0.2) is 27.1 Å². The molecular formula is C18H20N4. The summed E-state index contributed by atoms with van der Waals surface area (Å²) in [4.78, 5) is 11.4. The van der Waals surface area contributed by atoms with Crippen LogP contribution in [0.25, 0.3) is 10.9 Å². The molecule has 1 fully saturated rings. The molecule has 4 heteroatoms. The van der Waals surface area contributed by atoms with Crippen LogP contribution < -0.4 is 4.90 Å². The van der Waals surface area contributed by atoms with Crippen molar-refractivity contribution in [2.75, 3.05) is 11.4 Å². The molecular weight excluding hydrogens is 272 g/mol. The van der Waals surface area contributed by atoms with Gasteiger partial charge >= 0.3 is 0 Å². The molecule has 1 aromatic carbocycles. The fourth-order valence-electron chi connectivity index (χ4n) is 3.50. The number of rotatable bonds is 3. The fourth-order valence-corrected chi connectivity index (χ4v) is 3.50. The SMILES string of the molecule is Cc1nccn1C[C@@H]1CCCN1c1ccnc2ccccc12. The lowest BCUT2D eigenvalue weighted by atomic mass is 10.1. The van der Waals surface area contributed by atoms with Crippen molar-refractivity contribution in [3.63, 3.8) is 0 Å². The highest BCUT2D eigenvalue weighted by atomic mass is 15.2. The molecule has 3 heterocycles. The van der Waals surface area contributed by atoms with Gasteiger partial charge in [-0.05, 0) is 31.9 Å². The Kier molecular flexibility index (Phi) is 3.29. The first-order valence-corrected chi connectivity index (χ1v) is 7.91. The summed E-state index contributed by atoms with van der Waals surface area (Å²) in [5.74, 6) is 1.09. The van der Waals surface area contributed by atoms with Gasteiger partial charge in [-0.15, -0.1) is 0 Å². The van der Waals surface area contributed by atoms with E-state index >= 15 is 0 Å². The maximum atomic E-state index is 4.49. The lowest BCUT2D eigenvalue weighted by Gasteiger charge is -2.28. The van der Waals surface area contributed by atoms with Crippen LogP contribution in [0.3, 0.4) is 0 Å². The molecule has 1 aliphatic rings. The summed E-state index contributed by atoms with van der Waals surface area (Å²) in [6.45, 7) is 4.19. The van der Waals surface area contributed by atoms with Crippen LogP contribution >= 0.6 is 0 Å². The van der Waals surface area contributed by atoms with Gasteiger partial charge in [-0.2, -0.15) is 0 Å². The smallest absolute Gasteiger partial charge is 0.105 e. The molecule has 1 atom stereocenters. The van der Waals surface area contributed by atoms with E-state index in [9.17, 15) is 0 Å². The van der Waals surface area contributed by atoms with Gasteiger partial charge in [0.05, 0.1) is 5.52 Å². The minimum absolute atomic E-state index is 0.527. The minimum atomic E-state index is 0.527. The summed E-state index contributed by atoms with van der Waals surface area (Å²) < 4.78 is 2.26. The fraction of sp³-hybridized carbons (Fsp3) is 0.333. The molecule has 0 radical (unpaired) electrons. The zero-order valence-corrected chi connectivity index (χ0v) is 12.8. The first-order chi connectivity index (χ1) is 10.8. The van der Waals surface area contributed by atoms with Crippen LogP contribution in [0.4, 0.5) is 5.69 Å². The van der Waals surface area contributed by atoms with E-state index in [0.717, 1.165) is 24.4 Å². The molecule has 112 valence electrons. The first kappa shape index (κ1) is 13.3. The number of anilines is 1. The van der Waals surface area contributed by atoms with Gasteiger partial charge in [0.1, 0.15) is 5.82 Å². The van der Waals surface area contributed by atoms with E-state index in [0.29, 0.717) is 6.04 Å². The largest absolute Gasteiger partial charge is 0.366 e. The summed E-state index contributed by atoms with van der Waals surface area (Å²) in [5, 5.41) is 1.25. The van der Waals surface area contributed by atoms with E-state index in [1.54, 1.807) is 0 Å². The number of pyridine rings is 1. The molecule has 0 spiro atoms. The third-order valence-corrected chi connectivity index (χ3v) is 4.64. The average Bonchev–Trinajstić information content (AvgIpc) is 3.17. The van der Waals surface area contributed by atoms with Gasteiger partial charge in [-0.25, -0.2) is 4.98 Å². The summed E-state index contributed by atoms with van der Waals surface area (Å²) in [7, 11) is 0. The predicted octanol–water partition coefficient (Wildman–Crippen LogP) is 3.41. The average molecular weight is 292 g/mol. The molecule has 4 rings (SSSR count). The highest BCUT2D eigenvalue weighted by Crippen LogP contribution is 2.31. The molecule has 0 N–H and O–H groups in total. The van der Waals surface area contributed by atoms with E-state index in [4.69, 9.17) is 0 Å². The van der Waals surface area contributed by atoms with Gasteiger partial charge in [-0.1, -0.05) is 18.2 Å². The molecule has 4 nitrogen and oxygen atoms in total. The first-order valence-electron chi connectivity index (χ1n) is 7.91. The van der Waals surface area contributed by atoms with Crippen LogP contribution in [0.2, 0.25) is 0 Å². The number of aromatic nitrogens is 3. The Hall–Kier alpha value is -2.36. The number of imidazole rings is 1. The number of benzene rings is 1. The summed E-state index contributed by atoms with van der Waals surface area (Å²) in [6.07, 6.45) is 8.37. The Balaban J connectivity index is 1.69. The highest BCUT2D eigenvalue weighted by Gasteiger charge is 2.26. The van der Waals surface area contributed by atoms with Gasteiger partial charge in [-0.3, -0.25) is 4.98 Å². The number of fused-ring (bicyclic) bond motifs is 1. The zero-order chi connectivity index (χ0) is 14.9. The second-order valence-electron chi connectivity index (χ2n) is 5.96. The lowest BCUT2D eigenvalue weighted by molar-refractivity contribution is 0.541. The Morgan fingerprint density at radius 1 is 1.14 bits per heavy atom. The topological polar surface area (TPSA) is 34.0 Å². The van der Waals surface area contributed by atoms with E-state index in [-0.39, 0.29) is 0 Å². The van der Waals surface area contributed by atoms with Crippen molar-refractivity contribution in [3.05, 3.63) is 54.7 Å². The van der Waals surface area contributed by atoms with E-state index in [2.05, 4.69) is 62.9 Å². The second-order valence-corrected chi connectivity index (χ2v) is 5.96. The van der Waals surface area contributed by atoms with Gasteiger partial charge in [0.2, 0.25) is 0 Å². The molecule has 1 aliphatic heterocycles. The van der Waals surface area contributed by atoms with Crippen LogP contribution in [0.15, 0.2) is 48.9 Å². The molecule has 0 bridgehead atoms. The third kappa shape index (κ3) is 2.25. The molecule has 0 amide bonds. The summed E-state index contributed by atoms with van der Waals surface area (Å²) >= 11 is 0. The lowest BCUT2D eigenvalue weighted by Crippen LogP contribution is -2.33. The Morgan fingerprint density at radius 3 is 2.91 bits per heavy atom. The predicted molar refractivity (Wildman–Crippen MR) is 89.1 cm³/mol. The number of hydrogen-bond donors (Lipinski definition) is 0. The number of hydrogen-bond acceptors (Lipinski definition) is 3.